The molecule has 1 unspecified atom stereocenters. The molecule has 0 bridgehead atoms. The van der Waals surface area contributed by atoms with Gasteiger partial charge in [-0.3, -0.25) is 0 Å². The minimum atomic E-state index is -0.331. The van der Waals surface area contributed by atoms with Crippen molar-refractivity contribution in [3.8, 4) is 0 Å². The van der Waals surface area contributed by atoms with Crippen LogP contribution in [0.1, 0.15) is 20.8 Å². The largest absolute Gasteiger partial charge is 1.00 e. The Morgan fingerprint density at radius 3 is 1.58 bits per heavy atom. The summed E-state index contributed by atoms with van der Waals surface area (Å²) in [6.45, 7) is 5.81. The Morgan fingerprint density at radius 1 is 1.33 bits per heavy atom. The maximum atomic E-state index is 10.0. The number of carbonyl (C=O) groups excluding carboxylic acids is 1. The van der Waals surface area contributed by atoms with Gasteiger partial charge < -0.3 is 23.1 Å². The van der Waals surface area contributed by atoms with Gasteiger partial charge in [0.1, 0.15) is 6.29 Å². The molecule has 70 valence electrons. The number of rotatable bonds is 1. The zero-order valence-electron chi connectivity index (χ0n) is 9.09. The second-order valence-electron chi connectivity index (χ2n) is 3.03. The van der Waals surface area contributed by atoms with E-state index in [4.69, 9.17) is 10.8 Å². The molecule has 0 rings (SSSR count). The van der Waals surface area contributed by atoms with Crippen molar-refractivity contribution in [3.05, 3.63) is 7.43 Å². The van der Waals surface area contributed by atoms with Crippen LogP contribution in [0, 0.1) is 12.8 Å². The van der Waals surface area contributed by atoms with Gasteiger partial charge in [-0.05, 0) is 5.41 Å². The molecule has 1 atom stereocenters. The van der Waals surface area contributed by atoms with E-state index in [1.54, 1.807) is 0 Å². The Bertz CT molecular complexity index is 91.5. The van der Waals surface area contributed by atoms with Crippen LogP contribution in [0.2, 0.25) is 0 Å². The zero-order chi connectivity index (χ0) is 8.78. The fraction of sp³-hybridized carbons (Fsp3) is 0.750. The summed E-state index contributed by atoms with van der Waals surface area (Å²) in [5.41, 5.74) is 5.30. The molecule has 3 nitrogen and oxygen atoms in total. The van der Waals surface area contributed by atoms with Crippen LogP contribution in [0.5, 0.6) is 0 Å². The number of aldehydes is 1. The molecule has 0 heterocycles. The predicted molar refractivity (Wildman–Crippen MR) is 48.1 cm³/mol. The molecule has 0 aliphatic rings. The number of hydrogen-bond donors (Lipinski definition) is 2. The minimum Gasteiger partial charge on any atom is -0.400 e. The first-order valence-electron chi connectivity index (χ1n) is 3.14. The van der Waals surface area contributed by atoms with Crippen molar-refractivity contribution in [2.24, 2.45) is 11.1 Å². The molecular weight excluding hydrogens is 275 g/mol. The fourth-order valence-corrected chi connectivity index (χ4v) is 0.204. The topological polar surface area (TPSA) is 63.3 Å². The number of nitrogens with two attached hydrogens (primary N) is 1. The van der Waals surface area contributed by atoms with Crippen molar-refractivity contribution >= 4 is 6.29 Å². The maximum absolute atomic E-state index is 10.0. The first-order chi connectivity index (χ1) is 4.48. The SMILES string of the molecule is CC(C)(C)C(N)C=O.CO.[CH3-].[Cs+]. The molecule has 3 N–H and O–H groups in total. The minimum absolute atomic E-state index is 0. The van der Waals surface area contributed by atoms with Gasteiger partial charge in [0.2, 0.25) is 0 Å². The van der Waals surface area contributed by atoms with E-state index in [2.05, 4.69) is 0 Å². The van der Waals surface area contributed by atoms with Crippen molar-refractivity contribution in [1.29, 1.82) is 0 Å². The molecule has 0 saturated heterocycles. The van der Waals surface area contributed by atoms with Crippen molar-refractivity contribution in [1.82, 2.24) is 0 Å². The van der Waals surface area contributed by atoms with E-state index in [1.165, 1.54) is 0 Å². The standard InChI is InChI=1S/C6H13NO.CH4O.CH3.Cs/c1-6(2,3)5(7)4-8;1-2;;/h4-5H,7H2,1-3H3;2H,1H3;1H3;/q;;-1;+1. The summed E-state index contributed by atoms with van der Waals surface area (Å²) in [6, 6.07) is -0.331. The fourth-order valence-electron chi connectivity index (χ4n) is 0.204. The van der Waals surface area contributed by atoms with Gasteiger partial charge in [-0.1, -0.05) is 20.8 Å². The summed E-state index contributed by atoms with van der Waals surface area (Å²) in [6.07, 6.45) is 0.778. The third kappa shape index (κ3) is 14.2. The van der Waals surface area contributed by atoms with Crippen LogP contribution >= 0.6 is 0 Å². The zero-order valence-corrected chi connectivity index (χ0v) is 15.4. The van der Waals surface area contributed by atoms with Gasteiger partial charge >= 0.3 is 68.9 Å². The van der Waals surface area contributed by atoms with Crippen LogP contribution in [-0.2, 0) is 4.79 Å². The van der Waals surface area contributed by atoms with Gasteiger partial charge in [0.15, 0.2) is 0 Å². The van der Waals surface area contributed by atoms with Gasteiger partial charge in [-0.25, -0.2) is 0 Å². The predicted octanol–water partition coefficient (Wildman–Crippen LogP) is -2.38. The monoisotopic (exact) mass is 295 g/mol. The summed E-state index contributed by atoms with van der Waals surface area (Å²) < 4.78 is 0. The molecular formula is C8H20CsNO2. The molecule has 0 aromatic heterocycles. The summed E-state index contributed by atoms with van der Waals surface area (Å²) >= 11 is 0. The Hall–Kier alpha value is 1.64. The van der Waals surface area contributed by atoms with Gasteiger partial charge in [0.25, 0.3) is 0 Å². The average molecular weight is 295 g/mol. The summed E-state index contributed by atoms with van der Waals surface area (Å²) in [4.78, 5) is 10.0. The molecule has 0 fully saturated rings. The molecule has 0 aromatic rings. The average Bonchev–Trinajstić information content (AvgIpc) is 1.89. The molecule has 0 aliphatic carbocycles. The Labute approximate surface area is 135 Å². The third-order valence-electron chi connectivity index (χ3n) is 1.15. The Morgan fingerprint density at radius 2 is 1.58 bits per heavy atom. The van der Waals surface area contributed by atoms with Crippen molar-refractivity contribution < 1.29 is 78.8 Å². The molecule has 0 saturated carbocycles. The van der Waals surface area contributed by atoms with E-state index < -0.39 is 0 Å². The molecule has 0 radical (unpaired) electrons. The molecule has 0 amide bonds. The van der Waals surface area contributed by atoms with E-state index >= 15 is 0 Å². The first kappa shape index (κ1) is 23.5. The number of aliphatic hydroxyl groups excluding tert-OH is 1. The van der Waals surface area contributed by atoms with Crippen LogP contribution < -0.4 is 74.6 Å². The van der Waals surface area contributed by atoms with Crippen LogP contribution in [0.15, 0.2) is 0 Å². The maximum Gasteiger partial charge on any atom is 1.00 e. The normalized spacial score (nSPS) is 10.8. The van der Waals surface area contributed by atoms with Crippen LogP contribution in [0.3, 0.4) is 0 Å². The van der Waals surface area contributed by atoms with E-state index in [1.807, 2.05) is 20.8 Å². The van der Waals surface area contributed by atoms with Gasteiger partial charge in [0, 0.05) is 7.11 Å². The van der Waals surface area contributed by atoms with E-state index in [-0.39, 0.29) is 87.8 Å². The summed E-state index contributed by atoms with van der Waals surface area (Å²) in [5.74, 6) is 0. The van der Waals surface area contributed by atoms with Crippen molar-refractivity contribution in [3.63, 3.8) is 0 Å². The number of hydrogen-bond acceptors (Lipinski definition) is 3. The van der Waals surface area contributed by atoms with E-state index in [9.17, 15) is 4.79 Å². The second kappa shape index (κ2) is 12.6. The van der Waals surface area contributed by atoms with Gasteiger partial charge in [0.05, 0.1) is 6.04 Å². The summed E-state index contributed by atoms with van der Waals surface area (Å²) in [7, 11) is 1.00. The van der Waals surface area contributed by atoms with Crippen LogP contribution in [0.25, 0.3) is 0 Å². The number of carbonyl (C=O) groups is 1. The van der Waals surface area contributed by atoms with Crippen LogP contribution in [0.4, 0.5) is 0 Å². The quantitative estimate of drug-likeness (QED) is 0.419. The van der Waals surface area contributed by atoms with Gasteiger partial charge in [-0.2, -0.15) is 0 Å². The Balaban J connectivity index is -0.0000000740. The van der Waals surface area contributed by atoms with Crippen molar-refractivity contribution in [2.45, 2.75) is 26.8 Å². The number of aliphatic hydroxyl groups is 1. The molecule has 0 aromatic carbocycles. The second-order valence-corrected chi connectivity index (χ2v) is 3.03. The van der Waals surface area contributed by atoms with E-state index in [0.717, 1.165) is 13.4 Å². The summed E-state index contributed by atoms with van der Waals surface area (Å²) in [5, 5.41) is 7.00. The smallest absolute Gasteiger partial charge is 0.400 e. The van der Waals surface area contributed by atoms with Gasteiger partial charge in [-0.15, -0.1) is 0 Å². The molecule has 4 heteroatoms. The van der Waals surface area contributed by atoms with Crippen LogP contribution in [-0.4, -0.2) is 24.5 Å². The third-order valence-corrected chi connectivity index (χ3v) is 1.15. The molecule has 0 spiro atoms. The Kier molecular flexibility index (Phi) is 24.7. The molecule has 12 heavy (non-hydrogen) atoms. The van der Waals surface area contributed by atoms with Crippen molar-refractivity contribution in [2.75, 3.05) is 7.11 Å². The molecule has 0 aliphatic heterocycles. The first-order valence-corrected chi connectivity index (χ1v) is 3.14. The van der Waals surface area contributed by atoms with E-state index in [0.29, 0.717) is 0 Å².